The normalized spacial score (nSPS) is 13.2. The van der Waals surface area contributed by atoms with Crippen molar-refractivity contribution < 1.29 is 19.0 Å². The van der Waals surface area contributed by atoms with Gasteiger partial charge >= 0.3 is 0 Å². The highest BCUT2D eigenvalue weighted by molar-refractivity contribution is 5.95. The predicted octanol–water partition coefficient (Wildman–Crippen LogP) is 3.06. The molecule has 0 aromatic heterocycles. The maximum absolute atomic E-state index is 12.7. The Morgan fingerprint density at radius 2 is 1.75 bits per heavy atom. The number of carbonyl (C=O) groups is 1. The zero-order chi connectivity index (χ0) is 16.9. The van der Waals surface area contributed by atoms with Crippen molar-refractivity contribution in [3.8, 4) is 17.2 Å². The number of para-hydroxylation sites is 2. The predicted molar refractivity (Wildman–Crippen MR) is 92.2 cm³/mol. The van der Waals surface area contributed by atoms with Crippen molar-refractivity contribution in [2.24, 2.45) is 0 Å². The number of amides is 1. The van der Waals surface area contributed by atoms with Gasteiger partial charge in [0, 0.05) is 12.2 Å². The van der Waals surface area contributed by atoms with Gasteiger partial charge in [-0.25, -0.2) is 0 Å². The van der Waals surface area contributed by atoms with E-state index in [1.807, 2.05) is 24.3 Å². The fourth-order valence-corrected chi connectivity index (χ4v) is 2.96. The molecule has 0 saturated heterocycles. The summed E-state index contributed by atoms with van der Waals surface area (Å²) in [7, 11) is 3.12. The van der Waals surface area contributed by atoms with Gasteiger partial charge in [0.1, 0.15) is 0 Å². The minimum absolute atomic E-state index is 0.0644. The van der Waals surface area contributed by atoms with Crippen molar-refractivity contribution in [2.45, 2.75) is 12.8 Å². The SMILES string of the molecule is COc1cccc(OC)c1OCC(=O)N1CCCc2ccccc21. The van der Waals surface area contributed by atoms with Crippen molar-refractivity contribution in [1.29, 1.82) is 0 Å². The largest absolute Gasteiger partial charge is 0.493 e. The van der Waals surface area contributed by atoms with E-state index >= 15 is 0 Å². The zero-order valence-electron chi connectivity index (χ0n) is 14.0. The van der Waals surface area contributed by atoms with Crippen LogP contribution in [0.5, 0.6) is 17.2 Å². The summed E-state index contributed by atoms with van der Waals surface area (Å²) in [4.78, 5) is 14.4. The van der Waals surface area contributed by atoms with E-state index in [1.165, 1.54) is 5.56 Å². The number of benzene rings is 2. The van der Waals surface area contributed by atoms with Gasteiger partial charge in [0.25, 0.3) is 5.91 Å². The fourth-order valence-electron chi connectivity index (χ4n) is 2.96. The van der Waals surface area contributed by atoms with E-state index in [9.17, 15) is 4.79 Å². The number of hydrogen-bond acceptors (Lipinski definition) is 4. The van der Waals surface area contributed by atoms with Crippen molar-refractivity contribution in [3.05, 3.63) is 48.0 Å². The van der Waals surface area contributed by atoms with Crippen LogP contribution in [0, 0.1) is 0 Å². The lowest BCUT2D eigenvalue weighted by molar-refractivity contribution is -0.120. The molecule has 3 rings (SSSR count). The molecule has 0 radical (unpaired) electrons. The number of methoxy groups -OCH3 is 2. The molecule has 5 nitrogen and oxygen atoms in total. The van der Waals surface area contributed by atoms with Gasteiger partial charge in [-0.3, -0.25) is 4.79 Å². The van der Waals surface area contributed by atoms with Gasteiger partial charge in [0.2, 0.25) is 5.75 Å². The maximum atomic E-state index is 12.7. The molecule has 0 unspecified atom stereocenters. The summed E-state index contributed by atoms with van der Waals surface area (Å²) in [6.45, 7) is 0.646. The van der Waals surface area contributed by atoms with E-state index in [2.05, 4.69) is 6.07 Å². The van der Waals surface area contributed by atoms with E-state index < -0.39 is 0 Å². The van der Waals surface area contributed by atoms with Crippen LogP contribution in [-0.4, -0.2) is 33.3 Å². The minimum Gasteiger partial charge on any atom is -0.493 e. The second-order valence-electron chi connectivity index (χ2n) is 5.56. The van der Waals surface area contributed by atoms with E-state index in [-0.39, 0.29) is 12.5 Å². The average molecular weight is 327 g/mol. The molecule has 24 heavy (non-hydrogen) atoms. The van der Waals surface area contributed by atoms with Crippen LogP contribution in [0.4, 0.5) is 5.69 Å². The molecule has 0 bridgehead atoms. The number of rotatable bonds is 5. The zero-order valence-corrected chi connectivity index (χ0v) is 14.0. The molecule has 5 heteroatoms. The first-order valence-electron chi connectivity index (χ1n) is 7.96. The molecule has 1 heterocycles. The lowest BCUT2D eigenvalue weighted by atomic mass is 10.0. The summed E-state index contributed by atoms with van der Waals surface area (Å²) in [6.07, 6.45) is 1.96. The Kier molecular flexibility index (Phi) is 4.89. The molecule has 126 valence electrons. The van der Waals surface area contributed by atoms with Gasteiger partial charge in [0.15, 0.2) is 18.1 Å². The Bertz CT molecular complexity index is 707. The molecule has 1 amide bonds. The first-order chi connectivity index (χ1) is 11.7. The molecular weight excluding hydrogens is 306 g/mol. The van der Waals surface area contributed by atoms with Gasteiger partial charge in [-0.05, 0) is 36.6 Å². The number of aryl methyl sites for hydroxylation is 1. The molecule has 0 spiro atoms. The molecule has 0 fully saturated rings. The Morgan fingerprint density at radius 1 is 1.04 bits per heavy atom. The topological polar surface area (TPSA) is 48.0 Å². The van der Waals surface area contributed by atoms with Crippen LogP contribution in [0.25, 0.3) is 0 Å². The summed E-state index contributed by atoms with van der Waals surface area (Å²) in [6, 6.07) is 13.4. The van der Waals surface area contributed by atoms with Crippen molar-refractivity contribution in [1.82, 2.24) is 0 Å². The molecule has 1 aliphatic heterocycles. The fraction of sp³-hybridized carbons (Fsp3) is 0.316. The van der Waals surface area contributed by atoms with Gasteiger partial charge < -0.3 is 19.1 Å². The van der Waals surface area contributed by atoms with E-state index in [4.69, 9.17) is 14.2 Å². The van der Waals surface area contributed by atoms with Crippen molar-refractivity contribution in [3.63, 3.8) is 0 Å². The van der Waals surface area contributed by atoms with Crippen LogP contribution in [0.3, 0.4) is 0 Å². The third-order valence-electron chi connectivity index (χ3n) is 4.13. The first-order valence-corrected chi connectivity index (χ1v) is 7.96. The second-order valence-corrected chi connectivity index (χ2v) is 5.56. The summed E-state index contributed by atoms with van der Waals surface area (Å²) in [5.74, 6) is 1.46. The number of hydrogen-bond donors (Lipinski definition) is 0. The van der Waals surface area contributed by atoms with E-state index in [0.717, 1.165) is 18.5 Å². The van der Waals surface area contributed by atoms with Gasteiger partial charge in [-0.2, -0.15) is 0 Å². The molecule has 0 atom stereocenters. The lowest BCUT2D eigenvalue weighted by Crippen LogP contribution is -2.38. The van der Waals surface area contributed by atoms with E-state index in [0.29, 0.717) is 23.8 Å². The smallest absolute Gasteiger partial charge is 0.264 e. The Balaban J connectivity index is 1.76. The highest BCUT2D eigenvalue weighted by Gasteiger charge is 2.23. The number of ether oxygens (including phenoxy) is 3. The molecule has 2 aromatic rings. The average Bonchev–Trinajstić information content (AvgIpc) is 2.65. The van der Waals surface area contributed by atoms with Gasteiger partial charge in [-0.1, -0.05) is 24.3 Å². The number of carbonyl (C=O) groups excluding carboxylic acids is 1. The number of anilines is 1. The van der Waals surface area contributed by atoms with Crippen LogP contribution in [-0.2, 0) is 11.2 Å². The second kappa shape index (κ2) is 7.25. The summed E-state index contributed by atoms with van der Waals surface area (Å²) >= 11 is 0. The summed E-state index contributed by atoms with van der Waals surface area (Å²) in [5.41, 5.74) is 2.18. The van der Waals surface area contributed by atoms with E-state index in [1.54, 1.807) is 31.3 Å². The Morgan fingerprint density at radius 3 is 2.46 bits per heavy atom. The van der Waals surface area contributed by atoms with Crippen LogP contribution >= 0.6 is 0 Å². The quantitative estimate of drug-likeness (QED) is 0.847. The Hall–Kier alpha value is -2.69. The first kappa shape index (κ1) is 16.2. The number of fused-ring (bicyclic) bond motifs is 1. The minimum atomic E-state index is -0.0740. The van der Waals surface area contributed by atoms with Crippen LogP contribution in [0.1, 0.15) is 12.0 Å². The third-order valence-corrected chi connectivity index (χ3v) is 4.13. The van der Waals surface area contributed by atoms with Crippen LogP contribution in [0.15, 0.2) is 42.5 Å². The van der Waals surface area contributed by atoms with Crippen LogP contribution < -0.4 is 19.1 Å². The molecule has 0 aliphatic carbocycles. The van der Waals surface area contributed by atoms with Crippen molar-refractivity contribution in [2.75, 3.05) is 32.3 Å². The van der Waals surface area contributed by atoms with Crippen molar-refractivity contribution >= 4 is 11.6 Å². The van der Waals surface area contributed by atoms with Gasteiger partial charge in [0.05, 0.1) is 14.2 Å². The summed E-state index contributed by atoms with van der Waals surface area (Å²) < 4.78 is 16.3. The third kappa shape index (κ3) is 3.15. The maximum Gasteiger partial charge on any atom is 0.264 e. The monoisotopic (exact) mass is 327 g/mol. The van der Waals surface area contributed by atoms with Crippen LogP contribution in [0.2, 0.25) is 0 Å². The molecule has 2 aromatic carbocycles. The highest BCUT2D eigenvalue weighted by atomic mass is 16.5. The summed E-state index contributed by atoms with van der Waals surface area (Å²) in [5, 5.41) is 0. The molecule has 0 saturated carbocycles. The standard InChI is InChI=1S/C19H21NO4/c1-22-16-10-5-11-17(23-2)19(16)24-13-18(21)20-12-6-8-14-7-3-4-9-15(14)20/h3-5,7,9-11H,6,8,12-13H2,1-2H3. The molecule has 0 N–H and O–H groups in total. The lowest BCUT2D eigenvalue weighted by Gasteiger charge is -2.29. The molecular formula is C19H21NO4. The highest BCUT2D eigenvalue weighted by Crippen LogP contribution is 2.37. The number of nitrogens with zero attached hydrogens (tertiary/aromatic N) is 1. The molecule has 1 aliphatic rings. The van der Waals surface area contributed by atoms with Gasteiger partial charge in [-0.15, -0.1) is 0 Å². The Labute approximate surface area is 141 Å².